The maximum Gasteiger partial charge on any atom is 0.233 e. The molecule has 0 bridgehead atoms. The summed E-state index contributed by atoms with van der Waals surface area (Å²) >= 11 is 0. The van der Waals surface area contributed by atoms with Crippen molar-refractivity contribution >= 4 is 27.3 Å². The van der Waals surface area contributed by atoms with Crippen molar-refractivity contribution in [2.75, 3.05) is 15.8 Å². The molecule has 0 unspecified atom stereocenters. The lowest BCUT2D eigenvalue weighted by molar-refractivity contribution is 0.306. The summed E-state index contributed by atoms with van der Waals surface area (Å²) in [4.78, 5) is 0. The van der Waals surface area contributed by atoms with E-state index in [1.54, 1.807) is 19.1 Å². The minimum atomic E-state index is -3.37. The highest BCUT2D eigenvalue weighted by Crippen LogP contribution is 2.20. The molecule has 146 valence electrons. The number of rotatable bonds is 9. The van der Waals surface area contributed by atoms with Gasteiger partial charge in [-0.1, -0.05) is 37.3 Å². The lowest BCUT2D eigenvalue weighted by atomic mass is 10.2. The molecule has 28 heavy (non-hydrogen) atoms. The van der Waals surface area contributed by atoms with E-state index in [0.717, 1.165) is 17.0 Å². The Labute approximate surface area is 164 Å². The maximum atomic E-state index is 11.7. The number of benzene rings is 2. The van der Waals surface area contributed by atoms with Crippen LogP contribution in [0.4, 0.5) is 17.3 Å². The molecule has 0 amide bonds. The first-order valence-corrected chi connectivity index (χ1v) is 10.6. The second-order valence-corrected chi connectivity index (χ2v) is 7.99. The van der Waals surface area contributed by atoms with Gasteiger partial charge in [-0.2, -0.15) is 0 Å². The van der Waals surface area contributed by atoms with E-state index < -0.39 is 10.0 Å². The zero-order valence-electron chi connectivity index (χ0n) is 15.5. The molecule has 0 aliphatic rings. The van der Waals surface area contributed by atoms with Crippen molar-refractivity contribution in [2.24, 2.45) is 0 Å². The van der Waals surface area contributed by atoms with Gasteiger partial charge in [-0.05, 0) is 48.4 Å². The fourth-order valence-electron chi connectivity index (χ4n) is 2.46. The summed E-state index contributed by atoms with van der Waals surface area (Å²) < 4.78 is 31.6. The molecule has 0 radical (unpaired) electrons. The predicted molar refractivity (Wildman–Crippen MR) is 110 cm³/mol. The normalized spacial score (nSPS) is 11.0. The first kappa shape index (κ1) is 19.6. The zero-order chi connectivity index (χ0) is 19.8. The summed E-state index contributed by atoms with van der Waals surface area (Å²) in [5, 5.41) is 11.0. The van der Waals surface area contributed by atoms with Crippen LogP contribution in [0.2, 0.25) is 0 Å². The number of ether oxygens (including phenoxy) is 1. The number of hydrogen-bond donors (Lipinski definition) is 2. The van der Waals surface area contributed by atoms with Gasteiger partial charge in [-0.15, -0.1) is 10.2 Å². The number of nitrogens with zero attached hydrogens (tertiary/aromatic N) is 2. The Morgan fingerprint density at radius 1 is 0.893 bits per heavy atom. The van der Waals surface area contributed by atoms with Crippen LogP contribution in [0.3, 0.4) is 0 Å². The van der Waals surface area contributed by atoms with Gasteiger partial charge < -0.3 is 10.1 Å². The smallest absolute Gasteiger partial charge is 0.233 e. The maximum absolute atomic E-state index is 11.7. The molecule has 1 aromatic heterocycles. The summed E-state index contributed by atoms with van der Waals surface area (Å²) in [7, 11) is -3.37. The Morgan fingerprint density at radius 3 is 2.21 bits per heavy atom. The largest absolute Gasteiger partial charge is 0.489 e. The van der Waals surface area contributed by atoms with Crippen LogP contribution in [-0.2, 0) is 16.6 Å². The second kappa shape index (κ2) is 9.18. The summed E-state index contributed by atoms with van der Waals surface area (Å²) in [6, 6.07) is 20.7. The fourth-order valence-corrected chi connectivity index (χ4v) is 3.52. The van der Waals surface area contributed by atoms with E-state index >= 15 is 0 Å². The summed E-state index contributed by atoms with van der Waals surface area (Å²) in [6.07, 6.45) is 0.535. The average molecular weight is 398 g/mol. The van der Waals surface area contributed by atoms with Gasteiger partial charge in [0.1, 0.15) is 12.4 Å². The Balaban J connectivity index is 1.55. The molecule has 0 fully saturated rings. The zero-order valence-corrected chi connectivity index (χ0v) is 16.3. The minimum absolute atomic E-state index is 0.0490. The fraction of sp³-hybridized carbons (Fsp3) is 0.200. The summed E-state index contributed by atoms with van der Waals surface area (Å²) in [5.41, 5.74) is 1.93. The third-order valence-corrected chi connectivity index (χ3v) is 5.24. The van der Waals surface area contributed by atoms with Crippen molar-refractivity contribution in [2.45, 2.75) is 20.0 Å². The van der Waals surface area contributed by atoms with Crippen LogP contribution in [0.1, 0.15) is 18.9 Å². The number of aromatic nitrogens is 2. The van der Waals surface area contributed by atoms with Crippen LogP contribution in [0.5, 0.6) is 5.75 Å². The van der Waals surface area contributed by atoms with Gasteiger partial charge in [-0.25, -0.2) is 8.42 Å². The first-order chi connectivity index (χ1) is 13.5. The number of hydrogen-bond acceptors (Lipinski definition) is 6. The van der Waals surface area contributed by atoms with Gasteiger partial charge in [0.25, 0.3) is 0 Å². The van der Waals surface area contributed by atoms with Crippen LogP contribution in [-0.4, -0.2) is 24.4 Å². The molecule has 0 saturated carbocycles. The number of nitrogens with one attached hydrogen (secondary N) is 2. The highest BCUT2D eigenvalue weighted by Gasteiger charge is 2.10. The summed E-state index contributed by atoms with van der Waals surface area (Å²) in [6.45, 7) is 2.31. The number of sulfonamides is 1. The molecule has 3 rings (SSSR count). The molecule has 2 N–H and O–H groups in total. The number of anilines is 3. The molecular formula is C20H22N4O3S. The Morgan fingerprint density at radius 2 is 1.57 bits per heavy atom. The van der Waals surface area contributed by atoms with Gasteiger partial charge in [0, 0.05) is 5.69 Å². The van der Waals surface area contributed by atoms with Crippen molar-refractivity contribution in [3.63, 3.8) is 0 Å². The third kappa shape index (κ3) is 5.95. The van der Waals surface area contributed by atoms with Crippen molar-refractivity contribution in [3.8, 4) is 5.75 Å². The van der Waals surface area contributed by atoms with Crippen LogP contribution in [0, 0.1) is 0 Å². The molecule has 1 heterocycles. The molecule has 0 saturated heterocycles. The van der Waals surface area contributed by atoms with E-state index in [1.807, 2.05) is 54.6 Å². The monoisotopic (exact) mass is 398 g/mol. The van der Waals surface area contributed by atoms with Crippen molar-refractivity contribution in [3.05, 3.63) is 72.3 Å². The van der Waals surface area contributed by atoms with Gasteiger partial charge in [-0.3, -0.25) is 4.72 Å². The lowest BCUT2D eigenvalue weighted by Crippen LogP contribution is -2.17. The minimum Gasteiger partial charge on any atom is -0.489 e. The van der Waals surface area contributed by atoms with E-state index in [-0.39, 0.29) is 11.6 Å². The van der Waals surface area contributed by atoms with Crippen molar-refractivity contribution in [1.82, 2.24) is 10.2 Å². The van der Waals surface area contributed by atoms with E-state index in [4.69, 9.17) is 4.74 Å². The molecule has 0 aliphatic carbocycles. The molecule has 0 atom stereocenters. The van der Waals surface area contributed by atoms with E-state index in [2.05, 4.69) is 20.2 Å². The van der Waals surface area contributed by atoms with Gasteiger partial charge >= 0.3 is 0 Å². The van der Waals surface area contributed by atoms with Gasteiger partial charge in [0.15, 0.2) is 11.6 Å². The Kier molecular flexibility index (Phi) is 6.44. The molecular weight excluding hydrogens is 376 g/mol. The standard InChI is InChI=1S/C20H22N4O3S/c1-2-14-28(25,26)24-20-13-12-19(22-23-20)21-17-8-10-18(11-9-17)27-15-16-6-4-3-5-7-16/h3-13H,2,14-15H2,1H3,(H,21,22)(H,23,24). The molecule has 0 aliphatic heterocycles. The van der Waals surface area contributed by atoms with Gasteiger partial charge in [0.05, 0.1) is 5.75 Å². The Hall–Kier alpha value is -3.13. The Bertz CT molecular complexity index is 976. The molecule has 0 spiro atoms. The SMILES string of the molecule is CCCS(=O)(=O)Nc1ccc(Nc2ccc(OCc3ccccc3)cc2)nn1. The van der Waals surface area contributed by atoms with Crippen LogP contribution in [0.15, 0.2) is 66.7 Å². The van der Waals surface area contributed by atoms with Crippen molar-refractivity contribution < 1.29 is 13.2 Å². The highest BCUT2D eigenvalue weighted by molar-refractivity contribution is 7.92. The second-order valence-electron chi connectivity index (χ2n) is 6.15. The molecule has 7 nitrogen and oxygen atoms in total. The molecule has 3 aromatic rings. The quantitative estimate of drug-likeness (QED) is 0.567. The molecule has 8 heteroatoms. The summed E-state index contributed by atoms with van der Waals surface area (Å²) in [5.74, 6) is 1.52. The van der Waals surface area contributed by atoms with Crippen molar-refractivity contribution in [1.29, 1.82) is 0 Å². The molecule has 2 aromatic carbocycles. The third-order valence-electron chi connectivity index (χ3n) is 3.77. The van der Waals surface area contributed by atoms with Crippen LogP contribution in [0.25, 0.3) is 0 Å². The lowest BCUT2D eigenvalue weighted by Gasteiger charge is -2.09. The van der Waals surface area contributed by atoms with E-state index in [0.29, 0.717) is 18.8 Å². The van der Waals surface area contributed by atoms with Crippen LogP contribution >= 0.6 is 0 Å². The van der Waals surface area contributed by atoms with E-state index in [1.165, 1.54) is 0 Å². The highest BCUT2D eigenvalue weighted by atomic mass is 32.2. The first-order valence-electron chi connectivity index (χ1n) is 8.92. The predicted octanol–water partition coefficient (Wildman–Crippen LogP) is 3.95. The van der Waals surface area contributed by atoms with E-state index in [9.17, 15) is 8.42 Å². The van der Waals surface area contributed by atoms with Gasteiger partial charge in [0.2, 0.25) is 10.0 Å². The van der Waals surface area contributed by atoms with Crippen LogP contribution < -0.4 is 14.8 Å². The topological polar surface area (TPSA) is 93.2 Å². The average Bonchev–Trinajstić information content (AvgIpc) is 2.69.